The number of piperidine rings is 1. The second-order valence-corrected chi connectivity index (χ2v) is 9.43. The zero-order valence-electron chi connectivity index (χ0n) is 17.7. The molecule has 1 aliphatic carbocycles. The van der Waals surface area contributed by atoms with Crippen molar-refractivity contribution >= 4 is 35.0 Å². The number of aromatic nitrogens is 1. The molecule has 3 aromatic rings. The predicted molar refractivity (Wildman–Crippen MR) is 128 cm³/mol. The van der Waals surface area contributed by atoms with E-state index < -0.39 is 0 Å². The minimum Gasteiger partial charge on any atom is -0.356 e. The molecule has 1 spiro atoms. The van der Waals surface area contributed by atoms with Crippen molar-refractivity contribution in [3.05, 3.63) is 78.2 Å². The molecule has 7 heteroatoms. The maximum absolute atomic E-state index is 13.1. The highest BCUT2D eigenvalue weighted by Gasteiger charge is 2.44. The van der Waals surface area contributed by atoms with Gasteiger partial charge in [0.25, 0.3) is 5.91 Å². The molecule has 2 aliphatic rings. The van der Waals surface area contributed by atoms with Gasteiger partial charge in [0.15, 0.2) is 0 Å². The number of halogens is 1. The lowest BCUT2D eigenvalue weighted by molar-refractivity contribution is 0.102. The first-order valence-electron chi connectivity index (χ1n) is 10.9. The molecule has 0 bridgehead atoms. The maximum atomic E-state index is 13.1. The number of benzene rings is 2. The van der Waals surface area contributed by atoms with Gasteiger partial charge < -0.3 is 14.9 Å². The summed E-state index contributed by atoms with van der Waals surface area (Å²) in [6.07, 6.45) is 6.82. The third-order valence-corrected chi connectivity index (χ3v) is 7.16. The summed E-state index contributed by atoms with van der Waals surface area (Å²) >= 11 is 1.40. The molecule has 1 saturated heterocycles. The fraction of sp³-hybridized carbons (Fsp3) is 0.280. The highest BCUT2D eigenvalue weighted by Crippen LogP contribution is 2.53. The molecule has 2 N–H and O–H groups in total. The van der Waals surface area contributed by atoms with Crippen LogP contribution in [0.5, 0.6) is 0 Å². The van der Waals surface area contributed by atoms with Crippen molar-refractivity contribution in [2.45, 2.75) is 30.6 Å². The Balaban J connectivity index is 1.25. The molecule has 2 fully saturated rings. The van der Waals surface area contributed by atoms with Gasteiger partial charge in [0, 0.05) is 35.6 Å². The molecule has 5 nitrogen and oxygen atoms in total. The lowest BCUT2D eigenvalue weighted by Gasteiger charge is -2.33. The summed E-state index contributed by atoms with van der Waals surface area (Å²) in [7, 11) is 0. The third-order valence-electron chi connectivity index (χ3n) is 6.33. The number of rotatable bonds is 6. The van der Waals surface area contributed by atoms with Crippen LogP contribution in [-0.4, -0.2) is 24.0 Å². The molecular formula is C25H25FN4OS. The SMILES string of the molecule is O=C(Nc1cccc(SNc2ccc(F)cc2)c1)c1cccnc1N1CCC2(CC1)CC2. The minimum absolute atomic E-state index is 0.159. The van der Waals surface area contributed by atoms with Gasteiger partial charge in [0.1, 0.15) is 11.6 Å². The molecule has 2 aromatic carbocycles. The van der Waals surface area contributed by atoms with Crippen LogP contribution < -0.4 is 14.9 Å². The highest BCUT2D eigenvalue weighted by molar-refractivity contribution is 8.00. The van der Waals surface area contributed by atoms with Crippen LogP contribution in [0.3, 0.4) is 0 Å². The first-order chi connectivity index (χ1) is 15.6. The fourth-order valence-electron chi connectivity index (χ4n) is 4.17. The Kier molecular flexibility index (Phi) is 5.74. The minimum atomic E-state index is -0.267. The van der Waals surface area contributed by atoms with Gasteiger partial charge in [0.2, 0.25) is 0 Å². The van der Waals surface area contributed by atoms with Gasteiger partial charge in [-0.25, -0.2) is 9.37 Å². The topological polar surface area (TPSA) is 57.3 Å². The second kappa shape index (κ2) is 8.82. The van der Waals surface area contributed by atoms with E-state index in [1.54, 1.807) is 18.3 Å². The molecule has 1 saturated carbocycles. The van der Waals surface area contributed by atoms with Crippen molar-refractivity contribution in [3.8, 4) is 0 Å². The largest absolute Gasteiger partial charge is 0.356 e. The molecule has 0 unspecified atom stereocenters. The summed E-state index contributed by atoms with van der Waals surface area (Å²) in [4.78, 5) is 20.8. The Morgan fingerprint density at radius 2 is 1.75 bits per heavy atom. The van der Waals surface area contributed by atoms with Gasteiger partial charge in [0.05, 0.1) is 5.56 Å². The fourth-order valence-corrected chi connectivity index (χ4v) is 4.87. The summed E-state index contributed by atoms with van der Waals surface area (Å²) in [6.45, 7) is 1.91. The van der Waals surface area contributed by atoms with Crippen molar-refractivity contribution < 1.29 is 9.18 Å². The van der Waals surface area contributed by atoms with Gasteiger partial charge in [-0.2, -0.15) is 0 Å². The molecule has 1 aromatic heterocycles. The summed E-state index contributed by atoms with van der Waals surface area (Å²) in [5, 5.41) is 3.02. The zero-order valence-corrected chi connectivity index (χ0v) is 18.5. The molecule has 1 amide bonds. The van der Waals surface area contributed by atoms with E-state index in [0.29, 0.717) is 16.7 Å². The van der Waals surface area contributed by atoms with Crippen LogP contribution in [0, 0.1) is 11.2 Å². The molecule has 32 heavy (non-hydrogen) atoms. The van der Waals surface area contributed by atoms with E-state index in [1.165, 1.54) is 49.8 Å². The number of amides is 1. The van der Waals surface area contributed by atoms with Crippen LogP contribution in [0.25, 0.3) is 0 Å². The Bertz CT molecular complexity index is 1110. The normalized spacial score (nSPS) is 16.6. The lowest BCUT2D eigenvalue weighted by Crippen LogP contribution is -2.36. The van der Waals surface area contributed by atoms with Gasteiger partial charge in [-0.15, -0.1) is 0 Å². The molecular weight excluding hydrogens is 423 g/mol. The quantitative estimate of drug-likeness (QED) is 0.455. The first kappa shape index (κ1) is 20.8. The number of nitrogens with zero attached hydrogens (tertiary/aromatic N) is 2. The van der Waals surface area contributed by atoms with E-state index >= 15 is 0 Å². The molecule has 5 rings (SSSR count). The summed E-state index contributed by atoms with van der Waals surface area (Å²) in [5.74, 6) is 0.342. The Labute approximate surface area is 191 Å². The van der Waals surface area contributed by atoms with Crippen molar-refractivity contribution in [3.63, 3.8) is 0 Å². The predicted octanol–water partition coefficient (Wildman–Crippen LogP) is 5.97. The average molecular weight is 449 g/mol. The van der Waals surface area contributed by atoms with Crippen LogP contribution >= 0.6 is 11.9 Å². The van der Waals surface area contributed by atoms with E-state index in [9.17, 15) is 9.18 Å². The van der Waals surface area contributed by atoms with Crippen LogP contribution in [0.2, 0.25) is 0 Å². The molecule has 0 radical (unpaired) electrons. The molecule has 164 valence electrons. The maximum Gasteiger partial charge on any atom is 0.259 e. The number of hydrogen-bond donors (Lipinski definition) is 2. The van der Waals surface area contributed by atoms with Crippen molar-refractivity contribution in [1.29, 1.82) is 0 Å². The van der Waals surface area contributed by atoms with Crippen molar-refractivity contribution in [2.24, 2.45) is 5.41 Å². The van der Waals surface area contributed by atoms with Gasteiger partial charge in [-0.1, -0.05) is 6.07 Å². The van der Waals surface area contributed by atoms with E-state index in [4.69, 9.17) is 0 Å². The molecule has 0 atom stereocenters. The number of anilines is 3. The number of carbonyl (C=O) groups is 1. The average Bonchev–Trinajstić information content (AvgIpc) is 3.58. The molecule has 2 heterocycles. The van der Waals surface area contributed by atoms with Crippen molar-refractivity contribution in [1.82, 2.24) is 4.98 Å². The zero-order chi connectivity index (χ0) is 22.0. The smallest absolute Gasteiger partial charge is 0.259 e. The number of hydrogen-bond acceptors (Lipinski definition) is 5. The first-order valence-corrected chi connectivity index (χ1v) is 11.7. The monoisotopic (exact) mass is 448 g/mol. The van der Waals surface area contributed by atoms with Gasteiger partial charge in [-0.3, -0.25) is 4.79 Å². The van der Waals surface area contributed by atoms with Crippen molar-refractivity contribution in [2.75, 3.05) is 28.0 Å². The Morgan fingerprint density at radius 3 is 2.50 bits per heavy atom. The third kappa shape index (κ3) is 4.72. The number of carbonyl (C=O) groups excluding carboxylic acids is 1. The van der Waals surface area contributed by atoms with Crippen LogP contribution in [-0.2, 0) is 0 Å². The van der Waals surface area contributed by atoms with E-state index in [2.05, 4.69) is 19.9 Å². The second-order valence-electron chi connectivity index (χ2n) is 8.55. The standard InChI is InChI=1S/C25H25FN4OS/c26-18-6-8-19(9-7-18)29-32-21-4-1-3-20(17-21)28-24(31)22-5-2-14-27-23(22)30-15-12-25(10-11-25)13-16-30/h1-9,14,17,29H,10-13,15-16H2,(H,28,31). The summed E-state index contributed by atoms with van der Waals surface area (Å²) < 4.78 is 16.3. The lowest BCUT2D eigenvalue weighted by atomic mass is 9.93. The Hall–Kier alpha value is -3.06. The van der Waals surface area contributed by atoms with E-state index in [-0.39, 0.29) is 11.7 Å². The Morgan fingerprint density at radius 1 is 0.969 bits per heavy atom. The van der Waals surface area contributed by atoms with Crippen LogP contribution in [0.1, 0.15) is 36.0 Å². The number of nitrogens with one attached hydrogen (secondary N) is 2. The van der Waals surface area contributed by atoms with Gasteiger partial charge >= 0.3 is 0 Å². The highest BCUT2D eigenvalue weighted by atomic mass is 32.2. The van der Waals surface area contributed by atoms with Gasteiger partial charge in [-0.05, 0) is 97.6 Å². The summed E-state index contributed by atoms with van der Waals surface area (Å²) in [5.41, 5.74) is 2.70. The summed E-state index contributed by atoms with van der Waals surface area (Å²) in [6, 6.07) is 17.5. The van der Waals surface area contributed by atoms with E-state index in [0.717, 1.165) is 29.5 Å². The van der Waals surface area contributed by atoms with Crippen LogP contribution in [0.15, 0.2) is 71.8 Å². The number of pyridine rings is 1. The van der Waals surface area contributed by atoms with E-state index in [1.807, 2.05) is 36.4 Å². The molecule has 1 aliphatic heterocycles. The van der Waals surface area contributed by atoms with Crippen LogP contribution in [0.4, 0.5) is 21.6 Å².